The van der Waals surface area contributed by atoms with Crippen molar-refractivity contribution in [1.82, 2.24) is 0 Å². The number of unbranched alkanes of at least 4 members (excludes halogenated alkanes) is 3. The molecule has 0 aliphatic heterocycles. The molecule has 0 saturated carbocycles. The molecule has 6 nitrogen and oxygen atoms in total. The second kappa shape index (κ2) is 19.0. The fourth-order valence-corrected chi connectivity index (χ4v) is 1.23. The Balaban J connectivity index is -0.000000310. The molecule has 0 aromatic heterocycles. The van der Waals surface area contributed by atoms with Gasteiger partial charge in [0.1, 0.15) is 0 Å². The maximum atomic E-state index is 10.2. The van der Waals surface area contributed by atoms with E-state index < -0.39 is 17.9 Å². The number of allylic oxidation sites excluding steroid dienone is 2. The van der Waals surface area contributed by atoms with Crippen LogP contribution in [0.2, 0.25) is 0 Å². The Labute approximate surface area is 156 Å². The van der Waals surface area contributed by atoms with Gasteiger partial charge in [0.15, 0.2) is 0 Å². The predicted octanol–water partition coefficient (Wildman–Crippen LogP) is 5.06. The standard InChI is InChI=1S/C8H14O2.C7H12O2.C5H8O2/c1-3-4-5-6-7(2)8(9)10;1-3-4-5-6(2)7(8)9;1-3-4(2)5(6)7/h6H,3-5H2,1-2H3,(H,9,10);2-5H2,1H3,(H,8,9);3H,1-2H3,(H,6,7). The second-order valence-corrected chi connectivity index (χ2v) is 5.62. The Morgan fingerprint density at radius 3 is 1.58 bits per heavy atom. The monoisotopic (exact) mass is 370 g/mol. The van der Waals surface area contributed by atoms with Crippen LogP contribution in [0.1, 0.15) is 73.1 Å². The van der Waals surface area contributed by atoms with E-state index in [-0.39, 0.29) is 0 Å². The molecule has 0 radical (unpaired) electrons. The minimum Gasteiger partial charge on any atom is -0.478 e. The first kappa shape index (κ1) is 28.4. The van der Waals surface area contributed by atoms with Crippen molar-refractivity contribution in [3.8, 4) is 0 Å². The van der Waals surface area contributed by atoms with E-state index in [4.69, 9.17) is 15.3 Å². The molecule has 26 heavy (non-hydrogen) atoms. The quantitative estimate of drug-likeness (QED) is 0.386. The largest absolute Gasteiger partial charge is 0.478 e. The number of hydrogen-bond acceptors (Lipinski definition) is 3. The van der Waals surface area contributed by atoms with Crippen molar-refractivity contribution in [3.05, 3.63) is 35.5 Å². The lowest BCUT2D eigenvalue weighted by molar-refractivity contribution is -0.133. The molecule has 150 valence electrons. The van der Waals surface area contributed by atoms with E-state index in [1.807, 2.05) is 6.92 Å². The zero-order valence-corrected chi connectivity index (χ0v) is 16.7. The highest BCUT2D eigenvalue weighted by atomic mass is 16.4. The molecular weight excluding hydrogens is 336 g/mol. The lowest BCUT2D eigenvalue weighted by Crippen LogP contribution is -1.97. The fourth-order valence-electron chi connectivity index (χ4n) is 1.23. The number of hydrogen-bond donors (Lipinski definition) is 3. The number of carboxylic acid groups (broad SMARTS) is 3. The smallest absolute Gasteiger partial charge is 0.330 e. The molecule has 0 saturated heterocycles. The van der Waals surface area contributed by atoms with E-state index in [9.17, 15) is 14.4 Å². The van der Waals surface area contributed by atoms with Gasteiger partial charge in [0, 0.05) is 16.7 Å². The van der Waals surface area contributed by atoms with Gasteiger partial charge in [0.05, 0.1) is 0 Å². The maximum Gasteiger partial charge on any atom is 0.330 e. The Kier molecular flexibility index (Phi) is 20.7. The number of aliphatic carboxylic acids is 3. The summed E-state index contributed by atoms with van der Waals surface area (Å²) in [7, 11) is 0. The van der Waals surface area contributed by atoms with Crippen LogP contribution in [0.5, 0.6) is 0 Å². The van der Waals surface area contributed by atoms with Gasteiger partial charge in [-0.25, -0.2) is 14.4 Å². The van der Waals surface area contributed by atoms with E-state index in [0.717, 1.165) is 32.1 Å². The van der Waals surface area contributed by atoms with Crippen molar-refractivity contribution in [3.63, 3.8) is 0 Å². The molecule has 3 N–H and O–H groups in total. The van der Waals surface area contributed by atoms with E-state index in [1.165, 1.54) is 0 Å². The minimum absolute atomic E-state index is 0.317. The Morgan fingerprint density at radius 2 is 1.31 bits per heavy atom. The van der Waals surface area contributed by atoms with Gasteiger partial charge >= 0.3 is 17.9 Å². The van der Waals surface area contributed by atoms with Gasteiger partial charge in [-0.2, -0.15) is 0 Å². The second-order valence-electron chi connectivity index (χ2n) is 5.62. The third-order valence-electron chi connectivity index (χ3n) is 3.25. The summed E-state index contributed by atoms with van der Waals surface area (Å²) in [6, 6.07) is 0. The summed E-state index contributed by atoms with van der Waals surface area (Å²) in [5.41, 5.74) is 1.16. The minimum atomic E-state index is -0.872. The normalized spacial score (nSPS) is 10.7. The van der Waals surface area contributed by atoms with Gasteiger partial charge < -0.3 is 15.3 Å². The highest BCUT2D eigenvalue weighted by Crippen LogP contribution is 2.03. The molecule has 0 aliphatic rings. The SMILES string of the molecule is C=C(CCCC)C(=O)O.CC=C(C)C(=O)O.CCCCC=C(C)C(=O)O. The summed E-state index contributed by atoms with van der Waals surface area (Å²) in [4.78, 5) is 30.2. The molecule has 0 aromatic rings. The number of carbonyl (C=O) groups is 3. The first-order chi connectivity index (χ1) is 12.0. The fraction of sp³-hybridized carbons (Fsp3) is 0.550. The van der Waals surface area contributed by atoms with E-state index >= 15 is 0 Å². The van der Waals surface area contributed by atoms with E-state index in [2.05, 4.69) is 13.5 Å². The molecule has 0 aromatic carbocycles. The van der Waals surface area contributed by atoms with Gasteiger partial charge in [-0.1, -0.05) is 51.8 Å². The third-order valence-corrected chi connectivity index (χ3v) is 3.25. The van der Waals surface area contributed by atoms with Crippen LogP contribution in [0.15, 0.2) is 35.5 Å². The average Bonchev–Trinajstić information content (AvgIpc) is 2.59. The molecule has 0 unspecified atom stereocenters. The first-order valence-electron chi connectivity index (χ1n) is 8.72. The first-order valence-corrected chi connectivity index (χ1v) is 8.72. The van der Waals surface area contributed by atoms with Crippen LogP contribution in [0.25, 0.3) is 0 Å². The lowest BCUT2D eigenvalue weighted by atomic mass is 10.1. The van der Waals surface area contributed by atoms with Crippen LogP contribution in [0, 0.1) is 0 Å². The Bertz CT molecular complexity index is 500. The van der Waals surface area contributed by atoms with Crippen LogP contribution in [0.3, 0.4) is 0 Å². The van der Waals surface area contributed by atoms with Crippen LogP contribution in [0.4, 0.5) is 0 Å². The van der Waals surface area contributed by atoms with Gasteiger partial charge in [0.25, 0.3) is 0 Å². The number of carboxylic acids is 3. The van der Waals surface area contributed by atoms with E-state index in [1.54, 1.807) is 32.9 Å². The summed E-state index contributed by atoms with van der Waals surface area (Å²) in [6.45, 7) is 12.4. The van der Waals surface area contributed by atoms with Crippen LogP contribution >= 0.6 is 0 Å². The van der Waals surface area contributed by atoms with Gasteiger partial charge in [0.2, 0.25) is 0 Å². The van der Waals surface area contributed by atoms with Crippen molar-refractivity contribution >= 4 is 17.9 Å². The number of rotatable bonds is 9. The molecule has 0 rings (SSSR count). The van der Waals surface area contributed by atoms with Crippen molar-refractivity contribution in [2.75, 3.05) is 0 Å². The molecule has 0 amide bonds. The molecule has 0 fully saturated rings. The van der Waals surface area contributed by atoms with Crippen LogP contribution < -0.4 is 0 Å². The predicted molar refractivity (Wildman–Crippen MR) is 104 cm³/mol. The highest BCUT2D eigenvalue weighted by molar-refractivity contribution is 5.86. The summed E-state index contributed by atoms with van der Waals surface area (Å²) < 4.78 is 0. The average molecular weight is 370 g/mol. The molecular formula is C20H34O6. The molecule has 6 heteroatoms. The topological polar surface area (TPSA) is 112 Å². The highest BCUT2D eigenvalue weighted by Gasteiger charge is 2.00. The van der Waals surface area contributed by atoms with Crippen molar-refractivity contribution in [1.29, 1.82) is 0 Å². The molecule has 0 bridgehead atoms. The van der Waals surface area contributed by atoms with Gasteiger partial charge in [-0.3, -0.25) is 0 Å². The Hall–Kier alpha value is -2.37. The summed E-state index contributed by atoms with van der Waals surface area (Å²) in [6.07, 6.45) is 8.96. The molecule has 0 aliphatic carbocycles. The van der Waals surface area contributed by atoms with Gasteiger partial charge in [-0.05, 0) is 40.0 Å². The maximum absolute atomic E-state index is 10.2. The molecule has 0 heterocycles. The van der Waals surface area contributed by atoms with Gasteiger partial charge in [-0.15, -0.1) is 0 Å². The third kappa shape index (κ3) is 21.6. The Morgan fingerprint density at radius 1 is 0.846 bits per heavy atom. The van der Waals surface area contributed by atoms with Crippen molar-refractivity contribution < 1.29 is 29.7 Å². The zero-order valence-electron chi connectivity index (χ0n) is 16.7. The van der Waals surface area contributed by atoms with Crippen LogP contribution in [-0.4, -0.2) is 33.2 Å². The van der Waals surface area contributed by atoms with Crippen LogP contribution in [-0.2, 0) is 14.4 Å². The molecule has 0 spiro atoms. The van der Waals surface area contributed by atoms with Crippen molar-refractivity contribution in [2.45, 2.75) is 73.1 Å². The summed E-state index contributed by atoms with van der Waals surface area (Å²) in [5, 5.41) is 24.8. The van der Waals surface area contributed by atoms with Crippen molar-refractivity contribution in [2.24, 2.45) is 0 Å². The lowest BCUT2D eigenvalue weighted by Gasteiger charge is -1.95. The summed E-state index contributed by atoms with van der Waals surface area (Å²) >= 11 is 0. The molecule has 0 atom stereocenters. The summed E-state index contributed by atoms with van der Waals surface area (Å²) in [5.74, 6) is -2.53. The zero-order chi connectivity index (χ0) is 21.1. The van der Waals surface area contributed by atoms with E-state index in [0.29, 0.717) is 23.1 Å².